The summed E-state index contributed by atoms with van der Waals surface area (Å²) in [5.74, 6) is 2.03. The number of ether oxygens (including phenoxy) is 1. The van der Waals surface area contributed by atoms with Gasteiger partial charge in [0.1, 0.15) is 0 Å². The molecule has 6 heteroatoms. The molecule has 33 heavy (non-hydrogen) atoms. The second kappa shape index (κ2) is 11.4. The van der Waals surface area contributed by atoms with Crippen LogP contribution in [0.2, 0.25) is 10.0 Å². The van der Waals surface area contributed by atoms with Gasteiger partial charge in [0.2, 0.25) is 0 Å². The molecule has 0 spiro atoms. The standard InChI is InChI=1S/C27H38Cl2N2OS/c1-4-32-27(2,3)14-20-7-10-30(11-8-20)16-23-17-31(18-25(23)22-9-12-33-19-22)15-21-5-6-24(28)13-26(21)29/h5-6,9,12-13,19-20,23,25H,4,7-8,10-11,14-18H2,1-3H3/t23-,25+/m0/s1. The van der Waals surface area contributed by atoms with Gasteiger partial charge in [0, 0.05) is 48.7 Å². The second-order valence-corrected chi connectivity index (χ2v) is 12.1. The first-order valence-corrected chi connectivity index (χ1v) is 14.1. The highest BCUT2D eigenvalue weighted by Crippen LogP contribution is 2.37. The molecule has 0 amide bonds. The van der Waals surface area contributed by atoms with E-state index in [4.69, 9.17) is 27.9 Å². The summed E-state index contributed by atoms with van der Waals surface area (Å²) in [5.41, 5.74) is 2.67. The molecule has 182 valence electrons. The largest absolute Gasteiger partial charge is 0.376 e. The number of hydrogen-bond acceptors (Lipinski definition) is 4. The first-order chi connectivity index (χ1) is 15.8. The Bertz CT molecular complexity index is 880. The smallest absolute Gasteiger partial charge is 0.0629 e. The summed E-state index contributed by atoms with van der Waals surface area (Å²) in [6.07, 6.45) is 3.75. The van der Waals surface area contributed by atoms with E-state index in [1.807, 2.05) is 23.5 Å². The van der Waals surface area contributed by atoms with Gasteiger partial charge in [0.25, 0.3) is 0 Å². The van der Waals surface area contributed by atoms with Crippen LogP contribution in [-0.2, 0) is 11.3 Å². The fourth-order valence-corrected chi connectivity index (χ4v) is 7.07. The van der Waals surface area contributed by atoms with Gasteiger partial charge in [-0.1, -0.05) is 29.3 Å². The first-order valence-electron chi connectivity index (χ1n) is 12.4. The molecule has 0 N–H and O–H groups in total. The van der Waals surface area contributed by atoms with Gasteiger partial charge in [0.05, 0.1) is 5.60 Å². The predicted molar refractivity (Wildman–Crippen MR) is 142 cm³/mol. The Labute approximate surface area is 214 Å². The van der Waals surface area contributed by atoms with E-state index in [2.05, 4.69) is 53.5 Å². The van der Waals surface area contributed by atoms with Gasteiger partial charge < -0.3 is 9.64 Å². The van der Waals surface area contributed by atoms with E-state index < -0.39 is 0 Å². The van der Waals surface area contributed by atoms with Crippen LogP contribution in [0, 0.1) is 11.8 Å². The van der Waals surface area contributed by atoms with E-state index in [1.165, 1.54) is 50.0 Å². The van der Waals surface area contributed by atoms with E-state index in [-0.39, 0.29) is 5.60 Å². The van der Waals surface area contributed by atoms with Gasteiger partial charge in [-0.25, -0.2) is 0 Å². The average Bonchev–Trinajstić information content (AvgIpc) is 3.41. The third kappa shape index (κ3) is 6.96. The summed E-state index contributed by atoms with van der Waals surface area (Å²) in [4.78, 5) is 5.30. The van der Waals surface area contributed by atoms with Crippen LogP contribution >= 0.6 is 34.5 Å². The van der Waals surface area contributed by atoms with Gasteiger partial charge >= 0.3 is 0 Å². The molecule has 1 aromatic carbocycles. The highest BCUT2D eigenvalue weighted by atomic mass is 35.5. The Hall–Kier alpha value is -0.620. The van der Waals surface area contributed by atoms with Gasteiger partial charge in [-0.15, -0.1) is 0 Å². The van der Waals surface area contributed by atoms with Crippen molar-refractivity contribution in [3.63, 3.8) is 0 Å². The summed E-state index contributed by atoms with van der Waals surface area (Å²) in [6, 6.07) is 8.21. The number of rotatable bonds is 9. The SMILES string of the molecule is CCOC(C)(C)CC1CCN(C[C@H]2CN(Cc3ccc(Cl)cc3Cl)C[C@@H]2c2ccsc2)CC1. The highest BCUT2D eigenvalue weighted by molar-refractivity contribution is 7.08. The summed E-state index contributed by atoms with van der Waals surface area (Å²) in [6.45, 7) is 14.1. The Morgan fingerprint density at radius 1 is 1.09 bits per heavy atom. The van der Waals surface area contributed by atoms with Crippen molar-refractivity contribution in [2.24, 2.45) is 11.8 Å². The van der Waals surface area contributed by atoms with Gasteiger partial charge in [-0.3, -0.25) is 4.90 Å². The average molecular weight is 510 g/mol. The van der Waals surface area contributed by atoms with Crippen LogP contribution in [0.25, 0.3) is 0 Å². The molecular formula is C27H38Cl2N2OS. The summed E-state index contributed by atoms with van der Waals surface area (Å²) in [7, 11) is 0. The van der Waals surface area contributed by atoms with Crippen LogP contribution in [0.4, 0.5) is 0 Å². The predicted octanol–water partition coefficient (Wildman–Crippen LogP) is 7.19. The maximum Gasteiger partial charge on any atom is 0.0629 e. The van der Waals surface area contributed by atoms with E-state index in [9.17, 15) is 0 Å². The lowest BCUT2D eigenvalue weighted by molar-refractivity contribution is -0.0338. The molecule has 3 heterocycles. The molecule has 4 rings (SSSR count). The van der Waals surface area contributed by atoms with Crippen molar-refractivity contribution in [1.82, 2.24) is 9.80 Å². The van der Waals surface area contributed by atoms with Crippen molar-refractivity contribution < 1.29 is 4.74 Å². The van der Waals surface area contributed by atoms with Crippen LogP contribution < -0.4 is 0 Å². The normalized spacial score (nSPS) is 23.4. The maximum atomic E-state index is 6.49. The number of nitrogens with zero attached hydrogens (tertiary/aromatic N) is 2. The third-order valence-electron chi connectivity index (χ3n) is 7.41. The molecule has 0 bridgehead atoms. The molecule has 3 nitrogen and oxygen atoms in total. The van der Waals surface area contributed by atoms with E-state index in [0.717, 1.165) is 37.2 Å². The molecule has 0 unspecified atom stereocenters. The molecule has 2 fully saturated rings. The first kappa shape index (κ1) is 25.5. The molecule has 1 aromatic heterocycles. The molecule has 0 radical (unpaired) electrons. The molecule has 0 aliphatic carbocycles. The zero-order valence-electron chi connectivity index (χ0n) is 20.2. The van der Waals surface area contributed by atoms with Crippen molar-refractivity contribution in [3.8, 4) is 0 Å². The fraction of sp³-hybridized carbons (Fsp3) is 0.630. The van der Waals surface area contributed by atoms with Crippen molar-refractivity contribution in [2.75, 3.05) is 39.3 Å². The lowest BCUT2D eigenvalue weighted by atomic mass is 9.85. The van der Waals surface area contributed by atoms with Crippen LogP contribution in [0.5, 0.6) is 0 Å². The highest BCUT2D eigenvalue weighted by Gasteiger charge is 2.36. The topological polar surface area (TPSA) is 15.7 Å². The van der Waals surface area contributed by atoms with E-state index >= 15 is 0 Å². The Kier molecular flexibility index (Phi) is 8.81. The van der Waals surface area contributed by atoms with Crippen molar-refractivity contribution in [3.05, 3.63) is 56.2 Å². The van der Waals surface area contributed by atoms with E-state index in [1.54, 1.807) is 0 Å². The Morgan fingerprint density at radius 2 is 1.88 bits per heavy atom. The molecule has 2 aliphatic rings. The lowest BCUT2D eigenvalue weighted by Crippen LogP contribution is -2.40. The quantitative estimate of drug-likeness (QED) is 0.356. The minimum atomic E-state index is 0.000521. The Morgan fingerprint density at radius 3 is 2.55 bits per heavy atom. The van der Waals surface area contributed by atoms with Crippen molar-refractivity contribution >= 4 is 34.5 Å². The minimum Gasteiger partial charge on any atom is -0.376 e. The van der Waals surface area contributed by atoms with Crippen LogP contribution in [0.15, 0.2) is 35.0 Å². The molecule has 0 saturated carbocycles. The van der Waals surface area contributed by atoms with Gasteiger partial charge in [0.15, 0.2) is 0 Å². The number of likely N-dealkylation sites (tertiary alicyclic amines) is 2. The maximum absolute atomic E-state index is 6.49. The van der Waals surface area contributed by atoms with Crippen LogP contribution in [-0.4, -0.2) is 54.7 Å². The number of benzene rings is 1. The monoisotopic (exact) mass is 508 g/mol. The van der Waals surface area contributed by atoms with Crippen molar-refractivity contribution in [2.45, 2.75) is 58.1 Å². The third-order valence-corrected chi connectivity index (χ3v) is 8.70. The molecule has 2 atom stereocenters. The number of thiophene rings is 1. The minimum absolute atomic E-state index is 0.000521. The molecule has 2 saturated heterocycles. The number of hydrogen-bond donors (Lipinski definition) is 0. The zero-order chi connectivity index (χ0) is 23.4. The summed E-state index contributed by atoms with van der Waals surface area (Å²) < 4.78 is 5.96. The van der Waals surface area contributed by atoms with Crippen LogP contribution in [0.1, 0.15) is 57.1 Å². The lowest BCUT2D eigenvalue weighted by Gasteiger charge is -2.37. The molecular weight excluding hydrogens is 471 g/mol. The number of halogens is 2. The number of piperidine rings is 1. The van der Waals surface area contributed by atoms with Gasteiger partial charge in [-0.2, -0.15) is 11.3 Å². The fourth-order valence-electron chi connectivity index (χ4n) is 5.88. The summed E-state index contributed by atoms with van der Waals surface area (Å²) in [5, 5.41) is 6.04. The zero-order valence-corrected chi connectivity index (χ0v) is 22.6. The van der Waals surface area contributed by atoms with Crippen molar-refractivity contribution in [1.29, 1.82) is 0 Å². The van der Waals surface area contributed by atoms with Gasteiger partial charge in [-0.05, 0) is 105 Å². The van der Waals surface area contributed by atoms with Crippen LogP contribution in [0.3, 0.4) is 0 Å². The summed E-state index contributed by atoms with van der Waals surface area (Å²) >= 11 is 14.4. The molecule has 2 aromatic rings. The molecule has 2 aliphatic heterocycles. The second-order valence-electron chi connectivity index (χ2n) is 10.5. The Balaban J connectivity index is 1.35. The van der Waals surface area contributed by atoms with E-state index in [0.29, 0.717) is 16.9 Å².